The minimum absolute atomic E-state index is 0.0710. The number of hydrogen-bond donors (Lipinski definition) is 0. The van der Waals surface area contributed by atoms with Gasteiger partial charge < -0.3 is 14.2 Å². The number of fused-ring (bicyclic) bond motifs is 1. The van der Waals surface area contributed by atoms with Crippen LogP contribution in [0.3, 0.4) is 0 Å². The first-order chi connectivity index (χ1) is 15.4. The summed E-state index contributed by atoms with van der Waals surface area (Å²) in [5, 5.41) is 1.97. The van der Waals surface area contributed by atoms with Gasteiger partial charge in [0.1, 0.15) is 11.9 Å². The smallest absolute Gasteiger partial charge is 0.370 e. The quantitative estimate of drug-likeness (QED) is 0.522. The number of imidazole rings is 1. The van der Waals surface area contributed by atoms with E-state index in [0.29, 0.717) is 43.0 Å². The van der Waals surface area contributed by atoms with Crippen molar-refractivity contribution in [3.8, 4) is 0 Å². The number of halogens is 3. The number of benzene rings is 1. The molecule has 0 spiro atoms. The Kier molecular flexibility index (Phi) is 5.71. The molecule has 0 bridgehead atoms. The summed E-state index contributed by atoms with van der Waals surface area (Å²) in [4.78, 5) is 20.2. The third-order valence-electron chi connectivity index (χ3n) is 6.35. The topological polar surface area (TPSA) is 47.4 Å². The van der Waals surface area contributed by atoms with Crippen LogP contribution in [0, 0.1) is 0 Å². The van der Waals surface area contributed by atoms with Crippen molar-refractivity contribution >= 4 is 28.3 Å². The van der Waals surface area contributed by atoms with Crippen LogP contribution in [0.1, 0.15) is 54.1 Å². The van der Waals surface area contributed by atoms with Gasteiger partial charge in [-0.1, -0.05) is 6.07 Å². The number of aromatic nitrogens is 2. The number of thiophene rings is 1. The van der Waals surface area contributed by atoms with E-state index < -0.39 is 11.7 Å². The summed E-state index contributed by atoms with van der Waals surface area (Å²) in [6.45, 7) is 1.89. The third kappa shape index (κ3) is 4.15. The van der Waals surface area contributed by atoms with E-state index in [4.69, 9.17) is 4.74 Å². The monoisotopic (exact) mass is 463 g/mol. The van der Waals surface area contributed by atoms with Crippen molar-refractivity contribution in [3.05, 3.63) is 52.0 Å². The Morgan fingerprint density at radius 2 is 2.00 bits per heavy atom. The lowest BCUT2D eigenvalue weighted by molar-refractivity contribution is -0.137. The van der Waals surface area contributed by atoms with Crippen LogP contribution < -0.4 is 0 Å². The number of nitrogens with zero attached hydrogens (tertiary/aromatic N) is 3. The molecule has 2 aliphatic rings. The molecule has 32 heavy (non-hydrogen) atoms. The van der Waals surface area contributed by atoms with Gasteiger partial charge in [-0.15, -0.1) is 11.3 Å². The summed E-state index contributed by atoms with van der Waals surface area (Å²) in [6, 6.07) is 7.76. The average molecular weight is 464 g/mol. The van der Waals surface area contributed by atoms with Crippen molar-refractivity contribution in [3.63, 3.8) is 0 Å². The second-order valence-electron chi connectivity index (χ2n) is 8.41. The molecular weight excluding hydrogens is 439 g/mol. The van der Waals surface area contributed by atoms with Gasteiger partial charge in [0.15, 0.2) is 0 Å². The Balaban J connectivity index is 1.40. The summed E-state index contributed by atoms with van der Waals surface area (Å²) in [6.07, 6.45) is -0.987. The number of rotatable bonds is 4. The number of ether oxygens (including phenoxy) is 1. The number of piperidine rings is 1. The summed E-state index contributed by atoms with van der Waals surface area (Å²) in [5.41, 5.74) is 0.357. The van der Waals surface area contributed by atoms with Crippen LogP contribution in [-0.4, -0.2) is 40.1 Å². The maximum atomic E-state index is 13.2. The van der Waals surface area contributed by atoms with Crippen LogP contribution in [0.2, 0.25) is 0 Å². The first-order valence-corrected chi connectivity index (χ1v) is 11.8. The molecule has 3 aromatic rings. The van der Waals surface area contributed by atoms with Gasteiger partial charge in [0.25, 0.3) is 0 Å². The van der Waals surface area contributed by atoms with Gasteiger partial charge in [-0.3, -0.25) is 4.79 Å². The van der Waals surface area contributed by atoms with Gasteiger partial charge in [0.2, 0.25) is 5.91 Å². The Morgan fingerprint density at radius 1 is 1.19 bits per heavy atom. The van der Waals surface area contributed by atoms with Crippen LogP contribution in [-0.2, 0) is 22.1 Å². The minimum Gasteiger partial charge on any atom is -0.370 e. The summed E-state index contributed by atoms with van der Waals surface area (Å²) >= 11 is 1.58. The summed E-state index contributed by atoms with van der Waals surface area (Å²) < 4.78 is 47.6. The van der Waals surface area contributed by atoms with Crippen LogP contribution >= 0.6 is 11.3 Å². The zero-order valence-corrected chi connectivity index (χ0v) is 18.3. The number of carbonyl (C=O) groups excluding carboxylic acids is 1. The lowest BCUT2D eigenvalue weighted by Crippen LogP contribution is -2.40. The molecule has 2 fully saturated rings. The molecule has 1 atom stereocenters. The van der Waals surface area contributed by atoms with Crippen molar-refractivity contribution in [2.45, 2.75) is 50.4 Å². The highest BCUT2D eigenvalue weighted by Gasteiger charge is 2.34. The number of hydrogen-bond acceptors (Lipinski definition) is 4. The summed E-state index contributed by atoms with van der Waals surface area (Å²) in [7, 11) is 0. The number of alkyl halides is 3. The van der Waals surface area contributed by atoms with Crippen molar-refractivity contribution in [1.82, 2.24) is 14.5 Å². The van der Waals surface area contributed by atoms with Crippen LogP contribution in [0.15, 0.2) is 35.7 Å². The first kappa shape index (κ1) is 21.5. The molecule has 2 saturated heterocycles. The summed E-state index contributed by atoms with van der Waals surface area (Å²) in [5.74, 6) is 0.829. The van der Waals surface area contributed by atoms with E-state index in [1.165, 1.54) is 6.07 Å². The Labute approximate surface area is 187 Å². The molecular formula is C23H24F3N3O2S. The molecule has 4 heterocycles. The first-order valence-electron chi connectivity index (χ1n) is 10.9. The molecule has 1 aromatic carbocycles. The molecule has 9 heteroatoms. The fourth-order valence-electron chi connectivity index (χ4n) is 4.73. The Morgan fingerprint density at radius 3 is 2.66 bits per heavy atom. The van der Waals surface area contributed by atoms with Crippen molar-refractivity contribution in [2.75, 3.05) is 19.7 Å². The van der Waals surface area contributed by atoms with Gasteiger partial charge >= 0.3 is 6.18 Å². The van der Waals surface area contributed by atoms with Gasteiger partial charge in [0.05, 0.1) is 23.0 Å². The third-order valence-corrected chi connectivity index (χ3v) is 7.23. The number of amides is 1. The molecule has 170 valence electrons. The van der Waals surface area contributed by atoms with Crippen LogP contribution in [0.25, 0.3) is 11.0 Å². The molecule has 0 aliphatic carbocycles. The standard InChI is InChI=1S/C23H24F3N3O2S/c24-23(25,26)15-5-6-19-18(13-15)27-22(20-4-1-11-31-20)29(19)16-7-9-28(10-8-16)21(30)14-17-3-2-12-32-17/h2-3,5-6,12-13,16,20H,1,4,7-11,14H2. The highest BCUT2D eigenvalue weighted by Crippen LogP contribution is 2.38. The van der Waals surface area contributed by atoms with Gasteiger partial charge in [0, 0.05) is 30.6 Å². The predicted molar refractivity (Wildman–Crippen MR) is 116 cm³/mol. The molecule has 5 nitrogen and oxygen atoms in total. The van der Waals surface area contributed by atoms with E-state index >= 15 is 0 Å². The maximum Gasteiger partial charge on any atom is 0.416 e. The largest absolute Gasteiger partial charge is 0.416 e. The number of likely N-dealkylation sites (tertiary alicyclic amines) is 1. The second-order valence-corrected chi connectivity index (χ2v) is 9.44. The lowest BCUT2D eigenvalue weighted by atomic mass is 10.0. The molecule has 1 unspecified atom stereocenters. The van der Waals surface area contributed by atoms with Crippen LogP contribution in [0.5, 0.6) is 0 Å². The molecule has 0 N–H and O–H groups in total. The number of carbonyl (C=O) groups is 1. The molecule has 2 aromatic heterocycles. The SMILES string of the molecule is O=C(Cc1cccs1)N1CCC(n2c(C3CCCO3)nc3cc(C(F)(F)F)ccc32)CC1. The maximum absolute atomic E-state index is 13.2. The van der Waals surface area contributed by atoms with E-state index in [0.717, 1.165) is 42.7 Å². The van der Waals surface area contributed by atoms with E-state index in [1.54, 1.807) is 11.3 Å². The average Bonchev–Trinajstić information content (AvgIpc) is 3.53. The van der Waals surface area contributed by atoms with Crippen molar-refractivity contribution in [2.24, 2.45) is 0 Å². The van der Waals surface area contributed by atoms with Gasteiger partial charge in [-0.25, -0.2) is 4.98 Å². The second kappa shape index (κ2) is 8.51. The van der Waals surface area contributed by atoms with Crippen molar-refractivity contribution < 1.29 is 22.7 Å². The van der Waals surface area contributed by atoms with E-state index in [9.17, 15) is 18.0 Å². The Hall–Kier alpha value is -2.39. The van der Waals surface area contributed by atoms with Gasteiger partial charge in [-0.05, 0) is 55.3 Å². The van der Waals surface area contributed by atoms with Gasteiger partial charge in [-0.2, -0.15) is 13.2 Å². The Bertz CT molecular complexity index is 1100. The fourth-order valence-corrected chi connectivity index (χ4v) is 5.43. The molecule has 1 amide bonds. The van der Waals surface area contributed by atoms with Crippen LogP contribution in [0.4, 0.5) is 13.2 Å². The zero-order chi connectivity index (χ0) is 22.3. The van der Waals surface area contributed by atoms with E-state index in [-0.39, 0.29) is 18.1 Å². The lowest BCUT2D eigenvalue weighted by Gasteiger charge is -2.34. The highest BCUT2D eigenvalue weighted by atomic mass is 32.1. The molecule has 5 rings (SSSR count). The van der Waals surface area contributed by atoms with Crippen molar-refractivity contribution in [1.29, 1.82) is 0 Å². The van der Waals surface area contributed by atoms with E-state index in [2.05, 4.69) is 9.55 Å². The normalized spacial score (nSPS) is 20.3. The van der Waals surface area contributed by atoms with E-state index in [1.807, 2.05) is 22.4 Å². The fraction of sp³-hybridized carbons (Fsp3) is 0.478. The molecule has 2 aliphatic heterocycles. The minimum atomic E-state index is -4.41. The molecule has 0 radical (unpaired) electrons. The zero-order valence-electron chi connectivity index (χ0n) is 17.5. The predicted octanol–water partition coefficient (Wildman–Crippen LogP) is 5.37. The highest BCUT2D eigenvalue weighted by molar-refractivity contribution is 7.10. The molecule has 0 saturated carbocycles.